The molecule has 2 nitrogen and oxygen atoms in total. The lowest BCUT2D eigenvalue weighted by molar-refractivity contribution is 0.475. The van der Waals surface area contributed by atoms with Crippen LogP contribution in [0, 0.1) is 17.5 Å². The van der Waals surface area contributed by atoms with E-state index in [1.54, 1.807) is 25.5 Å². The van der Waals surface area contributed by atoms with Gasteiger partial charge in [-0.3, -0.25) is 4.98 Å². The first kappa shape index (κ1) is 13.5. The van der Waals surface area contributed by atoms with E-state index >= 15 is 0 Å². The van der Waals surface area contributed by atoms with Gasteiger partial charge in [0.15, 0.2) is 0 Å². The van der Waals surface area contributed by atoms with Gasteiger partial charge in [0.2, 0.25) is 0 Å². The van der Waals surface area contributed by atoms with Gasteiger partial charge in [0, 0.05) is 36.1 Å². The van der Waals surface area contributed by atoms with Gasteiger partial charge in [-0.2, -0.15) is 0 Å². The Bertz CT molecular complexity index is 535. The van der Waals surface area contributed by atoms with Crippen LogP contribution in [-0.4, -0.2) is 12.0 Å². The number of benzene rings is 1. The number of hydrogen-bond acceptors (Lipinski definition) is 2. The van der Waals surface area contributed by atoms with Crippen molar-refractivity contribution in [1.29, 1.82) is 0 Å². The summed E-state index contributed by atoms with van der Waals surface area (Å²) in [5.41, 5.74) is 0.678. The molecule has 2 rings (SSSR count). The number of pyridine rings is 1. The van der Waals surface area contributed by atoms with Crippen molar-refractivity contribution in [2.75, 3.05) is 7.05 Å². The molecule has 0 aliphatic heterocycles. The molecule has 1 heterocycles. The van der Waals surface area contributed by atoms with E-state index in [2.05, 4.69) is 10.3 Å². The zero-order chi connectivity index (χ0) is 13.8. The zero-order valence-corrected chi connectivity index (χ0v) is 10.3. The van der Waals surface area contributed by atoms with Crippen LogP contribution in [0.15, 0.2) is 36.7 Å². The molecule has 5 heteroatoms. The van der Waals surface area contributed by atoms with Crippen LogP contribution in [0.4, 0.5) is 13.2 Å². The van der Waals surface area contributed by atoms with Crippen LogP contribution in [0.25, 0.3) is 0 Å². The fourth-order valence-electron chi connectivity index (χ4n) is 1.99. The van der Waals surface area contributed by atoms with E-state index < -0.39 is 23.5 Å². The van der Waals surface area contributed by atoms with Crippen LogP contribution in [0.5, 0.6) is 0 Å². The van der Waals surface area contributed by atoms with Crippen molar-refractivity contribution >= 4 is 0 Å². The molecule has 1 aromatic carbocycles. The maximum atomic E-state index is 13.7. The highest BCUT2D eigenvalue weighted by Gasteiger charge is 2.20. The number of nitrogens with one attached hydrogen (secondary N) is 1. The molecule has 0 radical (unpaired) electrons. The predicted molar refractivity (Wildman–Crippen MR) is 66.1 cm³/mol. The Morgan fingerprint density at radius 3 is 2.42 bits per heavy atom. The maximum Gasteiger partial charge on any atom is 0.133 e. The first-order chi connectivity index (χ1) is 9.11. The van der Waals surface area contributed by atoms with Crippen LogP contribution < -0.4 is 5.32 Å². The maximum absolute atomic E-state index is 13.7. The van der Waals surface area contributed by atoms with Gasteiger partial charge in [-0.1, -0.05) is 6.07 Å². The molecule has 19 heavy (non-hydrogen) atoms. The quantitative estimate of drug-likeness (QED) is 0.920. The van der Waals surface area contributed by atoms with Gasteiger partial charge in [0.05, 0.1) is 0 Å². The fourth-order valence-corrected chi connectivity index (χ4v) is 1.99. The molecule has 100 valence electrons. The minimum absolute atomic E-state index is 0.159. The van der Waals surface area contributed by atoms with Crippen molar-refractivity contribution in [3.8, 4) is 0 Å². The summed E-state index contributed by atoms with van der Waals surface area (Å²) in [4.78, 5) is 3.95. The SMILES string of the molecule is CNC(Cc1cccnc1)c1c(F)cc(F)cc1F. The summed E-state index contributed by atoms with van der Waals surface area (Å²) >= 11 is 0. The van der Waals surface area contributed by atoms with Crippen LogP contribution >= 0.6 is 0 Å². The first-order valence-corrected chi connectivity index (χ1v) is 5.82. The van der Waals surface area contributed by atoms with Gasteiger partial charge in [0.25, 0.3) is 0 Å². The van der Waals surface area contributed by atoms with E-state index in [-0.39, 0.29) is 5.56 Å². The molecule has 0 fully saturated rings. The number of likely N-dealkylation sites (N-methyl/N-ethyl adjacent to an activating group) is 1. The Labute approximate surface area is 109 Å². The molecule has 1 aromatic heterocycles. The summed E-state index contributed by atoms with van der Waals surface area (Å²) in [6, 6.07) is 4.36. The van der Waals surface area contributed by atoms with Gasteiger partial charge in [-0.05, 0) is 25.1 Å². The molecule has 0 saturated carbocycles. The lowest BCUT2D eigenvalue weighted by Gasteiger charge is -2.18. The second-order valence-electron chi connectivity index (χ2n) is 4.19. The van der Waals surface area contributed by atoms with Crippen molar-refractivity contribution in [2.45, 2.75) is 12.5 Å². The highest BCUT2D eigenvalue weighted by molar-refractivity contribution is 5.26. The highest BCUT2D eigenvalue weighted by Crippen LogP contribution is 2.24. The summed E-state index contributed by atoms with van der Waals surface area (Å²) < 4.78 is 40.3. The summed E-state index contributed by atoms with van der Waals surface area (Å²) in [7, 11) is 1.60. The van der Waals surface area contributed by atoms with Gasteiger partial charge in [-0.25, -0.2) is 13.2 Å². The fraction of sp³-hybridized carbons (Fsp3) is 0.214. The summed E-state index contributed by atoms with van der Waals surface area (Å²) in [5, 5.41) is 2.84. The van der Waals surface area contributed by atoms with Crippen molar-refractivity contribution in [3.05, 3.63) is 65.2 Å². The zero-order valence-electron chi connectivity index (χ0n) is 10.3. The van der Waals surface area contributed by atoms with Gasteiger partial charge in [0.1, 0.15) is 17.5 Å². The average Bonchev–Trinajstić information content (AvgIpc) is 2.37. The van der Waals surface area contributed by atoms with Gasteiger partial charge < -0.3 is 5.32 Å². The molecule has 0 spiro atoms. The van der Waals surface area contributed by atoms with Crippen molar-refractivity contribution in [3.63, 3.8) is 0 Å². The topological polar surface area (TPSA) is 24.9 Å². The number of hydrogen-bond donors (Lipinski definition) is 1. The minimum atomic E-state index is -0.921. The Kier molecular flexibility index (Phi) is 4.16. The van der Waals surface area contributed by atoms with Crippen molar-refractivity contribution in [2.24, 2.45) is 0 Å². The third-order valence-electron chi connectivity index (χ3n) is 2.90. The second kappa shape index (κ2) is 5.84. The molecule has 1 N–H and O–H groups in total. The summed E-state index contributed by atoms with van der Waals surface area (Å²) in [6.07, 6.45) is 3.62. The monoisotopic (exact) mass is 266 g/mol. The lowest BCUT2D eigenvalue weighted by atomic mass is 9.99. The molecule has 2 aromatic rings. The van der Waals surface area contributed by atoms with Gasteiger partial charge >= 0.3 is 0 Å². The van der Waals surface area contributed by atoms with E-state index in [9.17, 15) is 13.2 Å². The molecule has 0 saturated heterocycles. The van der Waals surface area contributed by atoms with Crippen molar-refractivity contribution < 1.29 is 13.2 Å². The Hall–Kier alpha value is -1.88. The van der Waals surface area contributed by atoms with Gasteiger partial charge in [-0.15, -0.1) is 0 Å². The van der Waals surface area contributed by atoms with E-state index in [4.69, 9.17) is 0 Å². The average molecular weight is 266 g/mol. The predicted octanol–water partition coefficient (Wildman–Crippen LogP) is 3.00. The lowest BCUT2D eigenvalue weighted by Crippen LogP contribution is -2.21. The molecule has 0 bridgehead atoms. The van der Waals surface area contributed by atoms with E-state index in [0.717, 1.165) is 5.56 Å². The normalized spacial score (nSPS) is 12.4. The molecule has 0 amide bonds. The first-order valence-electron chi connectivity index (χ1n) is 5.82. The van der Waals surface area contributed by atoms with E-state index in [1.807, 2.05) is 6.07 Å². The smallest absolute Gasteiger partial charge is 0.133 e. The molecule has 0 aliphatic rings. The molecule has 0 aliphatic carbocycles. The summed E-state index contributed by atoms with van der Waals surface area (Å²) in [5.74, 6) is -2.70. The summed E-state index contributed by atoms with van der Waals surface area (Å²) in [6.45, 7) is 0. The number of rotatable bonds is 4. The molecular formula is C14H13F3N2. The third kappa shape index (κ3) is 3.12. The number of aromatic nitrogens is 1. The number of nitrogens with zero attached hydrogens (tertiary/aromatic N) is 1. The van der Waals surface area contributed by atoms with Crippen LogP contribution in [0.1, 0.15) is 17.2 Å². The molecular weight excluding hydrogens is 253 g/mol. The van der Waals surface area contributed by atoms with E-state index in [1.165, 1.54) is 0 Å². The van der Waals surface area contributed by atoms with Crippen LogP contribution in [0.3, 0.4) is 0 Å². The third-order valence-corrected chi connectivity index (χ3v) is 2.90. The highest BCUT2D eigenvalue weighted by atomic mass is 19.1. The van der Waals surface area contributed by atoms with Crippen LogP contribution in [0.2, 0.25) is 0 Å². The Morgan fingerprint density at radius 1 is 1.21 bits per heavy atom. The second-order valence-corrected chi connectivity index (χ2v) is 4.19. The molecule has 1 atom stereocenters. The van der Waals surface area contributed by atoms with E-state index in [0.29, 0.717) is 18.6 Å². The van der Waals surface area contributed by atoms with Crippen molar-refractivity contribution in [1.82, 2.24) is 10.3 Å². The largest absolute Gasteiger partial charge is 0.313 e. The Balaban J connectivity index is 2.32. The number of halogens is 3. The Morgan fingerprint density at radius 2 is 1.89 bits per heavy atom. The molecule has 1 unspecified atom stereocenters. The van der Waals surface area contributed by atoms with Crippen LogP contribution in [-0.2, 0) is 6.42 Å². The minimum Gasteiger partial charge on any atom is -0.313 e. The standard InChI is InChI=1S/C14H13F3N2/c1-18-13(5-9-3-2-4-19-8-9)14-11(16)6-10(15)7-12(14)17/h2-4,6-8,13,18H,5H2,1H3.